The molecule has 29 heavy (non-hydrogen) atoms. The van der Waals surface area contributed by atoms with Gasteiger partial charge in [0.15, 0.2) is 0 Å². The number of carbonyl (C=O) groups excluding carboxylic acids is 1. The largest absolute Gasteiger partial charge is 0.490 e. The average Bonchev–Trinajstić information content (AvgIpc) is 2.66. The zero-order valence-corrected chi connectivity index (χ0v) is 17.8. The molecule has 0 saturated carbocycles. The summed E-state index contributed by atoms with van der Waals surface area (Å²) in [6.07, 6.45) is 4.03. The molecule has 0 aliphatic heterocycles. The second-order valence-electron chi connectivity index (χ2n) is 5.83. The topological polar surface area (TPSA) is 88.1 Å². The summed E-state index contributed by atoms with van der Waals surface area (Å²) in [4.78, 5) is 12.2. The Labute approximate surface area is 179 Å². The van der Waals surface area contributed by atoms with Gasteiger partial charge in [-0.3, -0.25) is 9.10 Å². The first kappa shape index (κ1) is 22.7. The van der Waals surface area contributed by atoms with Crippen LogP contribution in [0, 0.1) is 0 Å². The van der Waals surface area contributed by atoms with Gasteiger partial charge >= 0.3 is 0 Å². The van der Waals surface area contributed by atoms with Crippen molar-refractivity contribution in [1.82, 2.24) is 5.43 Å². The van der Waals surface area contributed by atoms with Gasteiger partial charge in [-0.1, -0.05) is 48.0 Å². The highest BCUT2D eigenvalue weighted by molar-refractivity contribution is 7.92. The third kappa shape index (κ3) is 7.08. The molecule has 2 rings (SSSR count). The van der Waals surface area contributed by atoms with Gasteiger partial charge in [-0.05, 0) is 35.9 Å². The molecular formula is C19H19Cl2N3O4S. The lowest BCUT2D eigenvalue weighted by Crippen LogP contribution is -2.39. The fourth-order valence-electron chi connectivity index (χ4n) is 2.22. The number of hydrogen-bond donors (Lipinski definition) is 1. The first-order valence-corrected chi connectivity index (χ1v) is 10.9. The standard InChI is InChI=1S/C19H19Cl2N3O4S/c1-3-9-28-16-6-4-5-14(10-16)12-22-23-19(25)13-24(29(2,26)27)15-7-8-17(20)18(21)11-15/h3-8,10-12H,1,9,13H2,2H3,(H,23,25)/b22-12-. The minimum absolute atomic E-state index is 0.176. The normalized spacial score (nSPS) is 11.3. The fourth-order valence-corrected chi connectivity index (χ4v) is 3.37. The number of benzene rings is 2. The van der Waals surface area contributed by atoms with Crippen molar-refractivity contribution in [1.29, 1.82) is 0 Å². The van der Waals surface area contributed by atoms with Crippen molar-refractivity contribution in [3.8, 4) is 5.75 Å². The van der Waals surface area contributed by atoms with Crippen LogP contribution in [-0.2, 0) is 14.8 Å². The Kier molecular flexibility index (Phi) is 8.07. The van der Waals surface area contributed by atoms with Crippen LogP contribution < -0.4 is 14.5 Å². The molecule has 0 saturated heterocycles. The van der Waals surface area contributed by atoms with Gasteiger partial charge in [-0.2, -0.15) is 5.10 Å². The lowest BCUT2D eigenvalue weighted by molar-refractivity contribution is -0.119. The highest BCUT2D eigenvalue weighted by Gasteiger charge is 2.21. The van der Waals surface area contributed by atoms with E-state index >= 15 is 0 Å². The van der Waals surface area contributed by atoms with Crippen molar-refractivity contribution in [2.45, 2.75) is 0 Å². The van der Waals surface area contributed by atoms with Crippen LogP contribution in [0.1, 0.15) is 5.56 Å². The number of carbonyl (C=O) groups is 1. The molecule has 0 bridgehead atoms. The predicted molar refractivity (Wildman–Crippen MR) is 117 cm³/mol. The summed E-state index contributed by atoms with van der Waals surface area (Å²) in [7, 11) is -3.74. The zero-order chi connectivity index (χ0) is 21.4. The van der Waals surface area contributed by atoms with E-state index in [9.17, 15) is 13.2 Å². The van der Waals surface area contributed by atoms with Gasteiger partial charge in [0.2, 0.25) is 10.0 Å². The molecule has 0 heterocycles. The van der Waals surface area contributed by atoms with E-state index in [-0.39, 0.29) is 15.7 Å². The second-order valence-corrected chi connectivity index (χ2v) is 8.55. The van der Waals surface area contributed by atoms with Crippen LogP contribution in [0.5, 0.6) is 5.75 Å². The Balaban J connectivity index is 2.06. The summed E-state index contributed by atoms with van der Waals surface area (Å²) in [5, 5.41) is 4.31. The molecule has 2 aromatic carbocycles. The van der Waals surface area contributed by atoms with Gasteiger partial charge in [0.25, 0.3) is 5.91 Å². The van der Waals surface area contributed by atoms with Crippen LogP contribution in [0.3, 0.4) is 0 Å². The van der Waals surface area contributed by atoms with Gasteiger partial charge in [0.05, 0.1) is 28.2 Å². The quantitative estimate of drug-likeness (QED) is 0.356. The van der Waals surface area contributed by atoms with Gasteiger partial charge in [-0.15, -0.1) is 0 Å². The monoisotopic (exact) mass is 455 g/mol. The Bertz CT molecular complexity index is 1030. The molecule has 0 radical (unpaired) electrons. The van der Waals surface area contributed by atoms with Crippen molar-refractivity contribution in [3.63, 3.8) is 0 Å². The number of hydrogen-bond acceptors (Lipinski definition) is 5. The van der Waals surface area contributed by atoms with Crippen molar-refractivity contribution < 1.29 is 17.9 Å². The SMILES string of the molecule is C=CCOc1cccc(/C=N\NC(=O)CN(c2ccc(Cl)c(Cl)c2)S(C)(=O)=O)c1. The minimum atomic E-state index is -3.74. The molecular weight excluding hydrogens is 437 g/mol. The summed E-state index contributed by atoms with van der Waals surface area (Å²) < 4.78 is 30.5. The molecule has 154 valence electrons. The lowest BCUT2D eigenvalue weighted by atomic mass is 10.2. The highest BCUT2D eigenvalue weighted by atomic mass is 35.5. The fraction of sp³-hybridized carbons (Fsp3) is 0.158. The second kappa shape index (κ2) is 10.3. The van der Waals surface area contributed by atoms with E-state index < -0.39 is 22.5 Å². The summed E-state index contributed by atoms with van der Waals surface area (Å²) in [5.74, 6) is -0.000135. The number of nitrogens with zero attached hydrogens (tertiary/aromatic N) is 2. The van der Waals surface area contributed by atoms with E-state index in [0.717, 1.165) is 10.6 Å². The number of sulfonamides is 1. The van der Waals surface area contributed by atoms with Crippen molar-refractivity contribution in [3.05, 3.63) is 70.7 Å². The molecule has 2 aromatic rings. The third-order valence-electron chi connectivity index (χ3n) is 3.51. The molecule has 0 aliphatic carbocycles. The summed E-state index contributed by atoms with van der Waals surface area (Å²) >= 11 is 11.8. The highest BCUT2D eigenvalue weighted by Crippen LogP contribution is 2.28. The van der Waals surface area contributed by atoms with E-state index in [0.29, 0.717) is 17.9 Å². The number of anilines is 1. The third-order valence-corrected chi connectivity index (χ3v) is 5.39. The van der Waals surface area contributed by atoms with E-state index in [1.807, 2.05) is 0 Å². The molecule has 0 aromatic heterocycles. The number of halogens is 2. The van der Waals surface area contributed by atoms with Crippen LogP contribution in [0.25, 0.3) is 0 Å². The average molecular weight is 456 g/mol. The predicted octanol–water partition coefficient (Wildman–Crippen LogP) is 3.47. The maximum Gasteiger partial charge on any atom is 0.260 e. The number of amides is 1. The number of hydrazone groups is 1. The first-order valence-electron chi connectivity index (χ1n) is 8.29. The molecule has 0 aliphatic rings. The molecule has 10 heteroatoms. The number of nitrogens with one attached hydrogen (secondary N) is 1. The molecule has 1 amide bonds. The van der Waals surface area contributed by atoms with Crippen LogP contribution in [0.4, 0.5) is 5.69 Å². The van der Waals surface area contributed by atoms with Crippen LogP contribution in [0.15, 0.2) is 60.2 Å². The zero-order valence-electron chi connectivity index (χ0n) is 15.5. The van der Waals surface area contributed by atoms with Crippen molar-refractivity contribution in [2.75, 3.05) is 23.7 Å². The Morgan fingerprint density at radius 1 is 1.24 bits per heavy atom. The Morgan fingerprint density at radius 2 is 2.00 bits per heavy atom. The maximum atomic E-state index is 12.2. The molecule has 0 atom stereocenters. The van der Waals surface area contributed by atoms with E-state index in [1.54, 1.807) is 30.3 Å². The Morgan fingerprint density at radius 3 is 2.66 bits per heavy atom. The minimum Gasteiger partial charge on any atom is -0.490 e. The number of rotatable bonds is 9. The van der Waals surface area contributed by atoms with Crippen molar-refractivity contribution >= 4 is 51.0 Å². The van der Waals surface area contributed by atoms with E-state index in [1.165, 1.54) is 24.4 Å². The first-order chi connectivity index (χ1) is 13.7. The van der Waals surface area contributed by atoms with Crippen LogP contribution >= 0.6 is 23.2 Å². The van der Waals surface area contributed by atoms with Gasteiger partial charge in [0.1, 0.15) is 18.9 Å². The van der Waals surface area contributed by atoms with Crippen LogP contribution in [0.2, 0.25) is 10.0 Å². The molecule has 1 N–H and O–H groups in total. The summed E-state index contributed by atoms with van der Waals surface area (Å²) in [6, 6.07) is 11.3. The van der Waals surface area contributed by atoms with Crippen molar-refractivity contribution in [2.24, 2.45) is 5.10 Å². The smallest absolute Gasteiger partial charge is 0.260 e. The number of ether oxygens (including phenoxy) is 1. The lowest BCUT2D eigenvalue weighted by Gasteiger charge is -2.21. The summed E-state index contributed by atoms with van der Waals surface area (Å²) in [5.41, 5.74) is 3.21. The molecule has 7 nitrogen and oxygen atoms in total. The van der Waals surface area contributed by atoms with E-state index in [2.05, 4.69) is 17.1 Å². The molecule has 0 fully saturated rings. The van der Waals surface area contributed by atoms with Gasteiger partial charge in [0, 0.05) is 0 Å². The van der Waals surface area contributed by atoms with Gasteiger partial charge < -0.3 is 4.74 Å². The molecule has 0 unspecified atom stereocenters. The van der Waals surface area contributed by atoms with Crippen LogP contribution in [-0.4, -0.2) is 39.9 Å². The van der Waals surface area contributed by atoms with E-state index in [4.69, 9.17) is 27.9 Å². The molecule has 0 spiro atoms. The van der Waals surface area contributed by atoms with Gasteiger partial charge in [-0.25, -0.2) is 13.8 Å². The summed E-state index contributed by atoms with van der Waals surface area (Å²) in [6.45, 7) is 3.47. The maximum absolute atomic E-state index is 12.2. The Hall–Kier alpha value is -2.55.